The van der Waals surface area contributed by atoms with Gasteiger partial charge in [-0.25, -0.2) is 8.42 Å². The highest BCUT2D eigenvalue weighted by molar-refractivity contribution is 7.92. The number of fused-ring (bicyclic) bond motifs is 1. The van der Waals surface area contributed by atoms with Crippen LogP contribution in [0.4, 0.5) is 24.5 Å². The summed E-state index contributed by atoms with van der Waals surface area (Å²) in [7, 11) is -3.79. The molecule has 0 radical (unpaired) electrons. The third-order valence-electron chi connectivity index (χ3n) is 4.14. The van der Waals surface area contributed by atoms with E-state index in [1.807, 2.05) is 0 Å². The van der Waals surface area contributed by atoms with Crippen LogP contribution in [0.3, 0.4) is 0 Å². The maximum atomic E-state index is 12.8. The molecule has 146 valence electrons. The Morgan fingerprint density at radius 3 is 2.63 bits per heavy atom. The number of sulfonamides is 1. The minimum absolute atomic E-state index is 0.0816. The first kappa shape index (κ1) is 19.5. The van der Waals surface area contributed by atoms with E-state index in [0.29, 0.717) is 17.3 Å². The van der Waals surface area contributed by atoms with Crippen LogP contribution in [0.5, 0.6) is 5.06 Å². The van der Waals surface area contributed by atoms with Gasteiger partial charge in [0.05, 0.1) is 17.1 Å². The van der Waals surface area contributed by atoms with Crippen molar-refractivity contribution in [2.24, 2.45) is 0 Å². The Bertz CT molecular complexity index is 986. The topological polar surface area (TPSA) is 86.7 Å². The van der Waals surface area contributed by atoms with Gasteiger partial charge in [-0.2, -0.15) is 13.2 Å². The van der Waals surface area contributed by atoms with Crippen molar-refractivity contribution >= 4 is 38.6 Å². The molecule has 11 heteroatoms. The van der Waals surface area contributed by atoms with Crippen LogP contribution in [-0.4, -0.2) is 31.2 Å². The average molecular weight is 420 g/mol. The molecule has 6 nitrogen and oxygen atoms in total. The monoisotopic (exact) mass is 420 g/mol. The third kappa shape index (κ3) is 3.61. The summed E-state index contributed by atoms with van der Waals surface area (Å²) in [6, 6.07) is 6.07. The van der Waals surface area contributed by atoms with Crippen molar-refractivity contribution in [1.82, 2.24) is 0 Å². The van der Waals surface area contributed by atoms with Crippen LogP contribution in [0.15, 0.2) is 30.3 Å². The van der Waals surface area contributed by atoms with Gasteiger partial charge in [0.15, 0.2) is 5.06 Å². The maximum absolute atomic E-state index is 12.8. The smallest absolute Gasteiger partial charge is 0.425 e. The normalized spacial score (nSPS) is 17.0. The molecule has 1 amide bonds. The Hall–Kier alpha value is -2.27. The number of nitrogens with one attached hydrogen (secondary N) is 1. The molecule has 2 aromatic rings. The largest absolute Gasteiger partial charge is 0.498 e. The van der Waals surface area contributed by atoms with E-state index in [9.17, 15) is 31.5 Å². The number of carbonyl (C=O) groups is 1. The number of hydrogen-bond acceptors (Lipinski definition) is 5. The number of carbonyl (C=O) groups excluding carboxylic acids is 1. The number of rotatable bonds is 4. The van der Waals surface area contributed by atoms with Crippen molar-refractivity contribution in [3.63, 3.8) is 0 Å². The fraction of sp³-hybridized carbons (Fsp3) is 0.312. The molecule has 0 aliphatic carbocycles. The summed E-state index contributed by atoms with van der Waals surface area (Å²) in [6.07, 6.45) is -4.58. The van der Waals surface area contributed by atoms with E-state index in [4.69, 9.17) is 0 Å². The highest BCUT2D eigenvalue weighted by Gasteiger charge is 2.41. The molecule has 27 heavy (non-hydrogen) atoms. The molecule has 0 spiro atoms. The minimum atomic E-state index is -4.66. The van der Waals surface area contributed by atoms with Gasteiger partial charge in [-0.15, -0.1) is 0 Å². The summed E-state index contributed by atoms with van der Waals surface area (Å²) in [5.74, 6) is -1.06. The molecule has 1 aromatic carbocycles. The van der Waals surface area contributed by atoms with Gasteiger partial charge in [0.1, 0.15) is 10.9 Å². The molecule has 0 fully saturated rings. The number of nitrogens with zero attached hydrogens (tertiary/aromatic N) is 1. The zero-order valence-corrected chi connectivity index (χ0v) is 15.6. The molecule has 1 unspecified atom stereocenters. The van der Waals surface area contributed by atoms with E-state index in [1.54, 1.807) is 24.3 Å². The first-order valence-corrected chi connectivity index (χ1v) is 10.3. The quantitative estimate of drug-likeness (QED) is 0.795. The maximum Gasteiger partial charge on any atom is 0.425 e. The summed E-state index contributed by atoms with van der Waals surface area (Å²) in [5.41, 5.74) is 0.604. The number of para-hydroxylation sites is 1. The van der Waals surface area contributed by atoms with E-state index >= 15 is 0 Å². The lowest BCUT2D eigenvalue weighted by atomic mass is 10.1. The number of thiophene rings is 1. The number of alkyl halides is 3. The predicted molar refractivity (Wildman–Crippen MR) is 95.5 cm³/mol. The fourth-order valence-electron chi connectivity index (χ4n) is 2.87. The second-order valence-electron chi connectivity index (χ2n) is 5.86. The Morgan fingerprint density at radius 1 is 1.37 bits per heavy atom. The molecule has 0 bridgehead atoms. The first-order valence-electron chi connectivity index (χ1n) is 7.85. The highest BCUT2D eigenvalue weighted by atomic mass is 32.2. The Labute approximate surface area is 157 Å². The van der Waals surface area contributed by atoms with Gasteiger partial charge in [0.25, 0.3) is 0 Å². The van der Waals surface area contributed by atoms with Crippen LogP contribution < -0.4 is 9.62 Å². The number of amides is 1. The lowest BCUT2D eigenvalue weighted by Gasteiger charge is -2.25. The van der Waals surface area contributed by atoms with Crippen LogP contribution in [0.25, 0.3) is 0 Å². The molecule has 1 aromatic heterocycles. The standard InChI is InChI=1S/C16H15F3N2O4S2/c1-2-27(24,25)21-11-6-4-3-5-9(11)7-12(21)14(22)20-10-8-13(16(17,18)19)26-15(10)23/h3-6,8,12,23H,2,7H2,1H3,(H,20,22). The number of anilines is 2. The first-order chi connectivity index (χ1) is 12.5. The van der Waals surface area contributed by atoms with E-state index in [2.05, 4.69) is 5.32 Å². The number of halogens is 3. The minimum Gasteiger partial charge on any atom is -0.498 e. The Morgan fingerprint density at radius 2 is 2.04 bits per heavy atom. The molecule has 2 heterocycles. The van der Waals surface area contributed by atoms with Crippen molar-refractivity contribution in [3.8, 4) is 5.06 Å². The van der Waals surface area contributed by atoms with Crippen LogP contribution >= 0.6 is 11.3 Å². The summed E-state index contributed by atoms with van der Waals surface area (Å²) in [6.45, 7) is 1.44. The van der Waals surface area contributed by atoms with Gasteiger partial charge >= 0.3 is 6.18 Å². The van der Waals surface area contributed by atoms with Crippen LogP contribution in [0.2, 0.25) is 0 Å². The number of hydrogen-bond donors (Lipinski definition) is 2. The van der Waals surface area contributed by atoms with Gasteiger partial charge in [0.2, 0.25) is 15.9 Å². The van der Waals surface area contributed by atoms with Gasteiger partial charge in [0, 0.05) is 6.42 Å². The number of benzene rings is 1. The summed E-state index contributed by atoms with van der Waals surface area (Å²) >= 11 is 0.0880. The molecule has 1 aliphatic heterocycles. The van der Waals surface area contributed by atoms with E-state index in [1.165, 1.54) is 6.92 Å². The lowest BCUT2D eigenvalue weighted by Crippen LogP contribution is -2.46. The molecule has 1 atom stereocenters. The molecular formula is C16H15F3N2O4S2. The zero-order valence-electron chi connectivity index (χ0n) is 13.9. The zero-order chi connectivity index (χ0) is 20.0. The van der Waals surface area contributed by atoms with E-state index in [-0.39, 0.29) is 23.5 Å². The fourth-order valence-corrected chi connectivity index (χ4v) is 4.90. The predicted octanol–water partition coefficient (Wildman–Crippen LogP) is 3.19. The van der Waals surface area contributed by atoms with Crippen LogP contribution in [-0.2, 0) is 27.4 Å². The molecule has 0 saturated carbocycles. The molecule has 2 N–H and O–H groups in total. The third-order valence-corrected chi connectivity index (χ3v) is 6.90. The Kier molecular flexibility index (Phi) is 4.85. The van der Waals surface area contributed by atoms with Crippen molar-refractivity contribution in [2.75, 3.05) is 15.4 Å². The SMILES string of the molecule is CCS(=O)(=O)N1c2ccccc2CC1C(=O)Nc1cc(C(F)(F)F)sc1O. The van der Waals surface area contributed by atoms with Crippen LogP contribution in [0, 0.1) is 0 Å². The van der Waals surface area contributed by atoms with Gasteiger partial charge in [-0.1, -0.05) is 29.5 Å². The van der Waals surface area contributed by atoms with Gasteiger partial charge < -0.3 is 10.4 Å². The van der Waals surface area contributed by atoms with E-state index < -0.39 is 43.8 Å². The summed E-state index contributed by atoms with van der Waals surface area (Å²) in [4.78, 5) is 11.6. The van der Waals surface area contributed by atoms with Crippen molar-refractivity contribution in [3.05, 3.63) is 40.8 Å². The van der Waals surface area contributed by atoms with Gasteiger partial charge in [-0.3, -0.25) is 9.10 Å². The second kappa shape index (κ2) is 6.71. The lowest BCUT2D eigenvalue weighted by molar-refractivity contribution is -0.134. The van der Waals surface area contributed by atoms with E-state index in [0.717, 1.165) is 4.31 Å². The van der Waals surface area contributed by atoms with Gasteiger partial charge in [-0.05, 0) is 24.6 Å². The van der Waals surface area contributed by atoms with Crippen molar-refractivity contribution < 1.29 is 31.5 Å². The average Bonchev–Trinajstić information content (AvgIpc) is 3.16. The van der Waals surface area contributed by atoms with Crippen LogP contribution in [0.1, 0.15) is 17.4 Å². The second-order valence-corrected chi connectivity index (χ2v) is 9.03. The Balaban J connectivity index is 1.92. The van der Waals surface area contributed by atoms with Crippen molar-refractivity contribution in [2.45, 2.75) is 25.6 Å². The molecule has 3 rings (SSSR count). The number of aromatic hydroxyl groups is 1. The molecule has 1 aliphatic rings. The summed E-state index contributed by atoms with van der Waals surface area (Å²) in [5, 5.41) is 11.2. The summed E-state index contributed by atoms with van der Waals surface area (Å²) < 4.78 is 64.2. The molecular weight excluding hydrogens is 405 g/mol. The highest BCUT2D eigenvalue weighted by Crippen LogP contribution is 2.43. The molecule has 0 saturated heterocycles. The van der Waals surface area contributed by atoms with Crippen molar-refractivity contribution in [1.29, 1.82) is 0 Å².